The Morgan fingerprint density at radius 2 is 1.68 bits per heavy atom. The molecule has 9 nitrogen and oxygen atoms in total. The van der Waals surface area contributed by atoms with E-state index in [1.807, 2.05) is 6.33 Å². The summed E-state index contributed by atoms with van der Waals surface area (Å²) in [6, 6.07) is 9.26. The predicted octanol–water partition coefficient (Wildman–Crippen LogP) is 3.49. The molecule has 0 spiro atoms. The first-order valence-corrected chi connectivity index (χ1v) is 14.1. The number of aromatic nitrogens is 4. The topological polar surface area (TPSA) is 74.6 Å². The Balaban J connectivity index is 1.27. The Morgan fingerprint density at radius 3 is 2.43 bits per heavy atom. The Hall–Kier alpha value is -2.75. The van der Waals surface area contributed by atoms with Gasteiger partial charge in [-0.25, -0.2) is 15.0 Å². The fourth-order valence-electron chi connectivity index (χ4n) is 5.84. The van der Waals surface area contributed by atoms with Gasteiger partial charge in [0.1, 0.15) is 5.52 Å². The van der Waals surface area contributed by atoms with Gasteiger partial charge in [0.05, 0.1) is 19.5 Å². The lowest BCUT2D eigenvalue weighted by Gasteiger charge is -2.34. The van der Waals surface area contributed by atoms with Gasteiger partial charge in [0, 0.05) is 69.7 Å². The summed E-state index contributed by atoms with van der Waals surface area (Å²) >= 11 is 0. The molecule has 0 unspecified atom stereocenters. The number of nitrogens with one attached hydrogen (secondary N) is 1. The number of piperazine rings is 1. The molecule has 0 radical (unpaired) electrons. The minimum Gasteiger partial charge on any atom is -0.379 e. The van der Waals surface area contributed by atoms with Gasteiger partial charge in [0.2, 0.25) is 0 Å². The maximum absolute atomic E-state index is 5.50. The van der Waals surface area contributed by atoms with E-state index < -0.39 is 0 Å². The van der Waals surface area contributed by atoms with Crippen molar-refractivity contribution in [3.05, 3.63) is 30.6 Å². The van der Waals surface area contributed by atoms with Crippen LogP contribution in [0.5, 0.6) is 0 Å². The molecular formula is C28H40N8O. The molecule has 2 aliphatic heterocycles. The fraction of sp³-hybridized carbons (Fsp3) is 0.607. The van der Waals surface area contributed by atoms with Crippen LogP contribution in [0.1, 0.15) is 38.1 Å². The molecule has 3 aliphatic rings. The van der Waals surface area contributed by atoms with Crippen molar-refractivity contribution >= 4 is 22.7 Å². The van der Waals surface area contributed by atoms with E-state index in [0.29, 0.717) is 6.04 Å². The molecule has 9 heteroatoms. The summed E-state index contributed by atoms with van der Waals surface area (Å²) in [4.78, 5) is 22.2. The molecule has 2 aromatic heterocycles. The van der Waals surface area contributed by atoms with E-state index in [9.17, 15) is 0 Å². The van der Waals surface area contributed by atoms with Gasteiger partial charge in [-0.05, 0) is 44.2 Å². The van der Waals surface area contributed by atoms with Crippen LogP contribution in [0.3, 0.4) is 0 Å². The number of rotatable bonds is 7. The van der Waals surface area contributed by atoms with E-state index in [4.69, 9.17) is 19.7 Å². The van der Waals surface area contributed by atoms with E-state index in [2.05, 4.69) is 55.9 Å². The molecule has 4 heterocycles. The molecule has 1 aliphatic carbocycles. The third kappa shape index (κ3) is 5.58. The van der Waals surface area contributed by atoms with E-state index in [1.54, 1.807) is 0 Å². The van der Waals surface area contributed by atoms with Crippen molar-refractivity contribution in [3.8, 4) is 11.4 Å². The second-order valence-electron chi connectivity index (χ2n) is 10.7. The zero-order chi connectivity index (χ0) is 25.0. The molecule has 1 aromatic carbocycles. The third-order valence-electron chi connectivity index (χ3n) is 8.21. The minimum atomic E-state index is 0.474. The van der Waals surface area contributed by atoms with Crippen molar-refractivity contribution in [3.63, 3.8) is 0 Å². The Morgan fingerprint density at radius 1 is 0.919 bits per heavy atom. The average molecular weight is 505 g/mol. The number of morpholine rings is 1. The monoisotopic (exact) mass is 504 g/mol. The first-order valence-electron chi connectivity index (χ1n) is 14.1. The molecule has 6 rings (SSSR count). The van der Waals surface area contributed by atoms with Gasteiger partial charge in [-0.2, -0.15) is 0 Å². The van der Waals surface area contributed by atoms with Crippen molar-refractivity contribution < 1.29 is 4.74 Å². The number of ether oxygens (including phenoxy) is 1. The SMILES string of the molecule is CN1CCN(c2ccc(-c3nc(NCCN4CCOCC4)c4ncn(C5CCCCC5)c4n3)cc2)CC1. The van der Waals surface area contributed by atoms with Crippen LogP contribution in [0.25, 0.3) is 22.6 Å². The normalized spacial score (nSPS) is 20.5. The second kappa shape index (κ2) is 11.3. The first kappa shape index (κ1) is 24.6. The lowest BCUT2D eigenvalue weighted by atomic mass is 9.95. The summed E-state index contributed by atoms with van der Waals surface area (Å²) in [6.07, 6.45) is 8.27. The molecule has 2 saturated heterocycles. The van der Waals surface area contributed by atoms with Gasteiger partial charge < -0.3 is 24.4 Å². The number of hydrogen-bond acceptors (Lipinski definition) is 8. The van der Waals surface area contributed by atoms with Gasteiger partial charge in [-0.15, -0.1) is 0 Å². The Bertz CT molecular complexity index is 1160. The summed E-state index contributed by atoms with van der Waals surface area (Å²) in [5.74, 6) is 1.61. The largest absolute Gasteiger partial charge is 0.379 e. The molecule has 3 aromatic rings. The summed E-state index contributed by atoms with van der Waals surface area (Å²) in [5, 5.41) is 3.61. The molecule has 198 valence electrons. The molecule has 0 atom stereocenters. The van der Waals surface area contributed by atoms with Crippen LogP contribution in [-0.4, -0.2) is 102 Å². The van der Waals surface area contributed by atoms with E-state index in [1.165, 1.54) is 37.8 Å². The number of imidazole rings is 1. The molecule has 1 saturated carbocycles. The highest BCUT2D eigenvalue weighted by atomic mass is 16.5. The van der Waals surface area contributed by atoms with E-state index in [0.717, 1.165) is 93.9 Å². The van der Waals surface area contributed by atoms with Crippen LogP contribution in [0, 0.1) is 0 Å². The quantitative estimate of drug-likeness (QED) is 0.524. The lowest BCUT2D eigenvalue weighted by molar-refractivity contribution is 0.0398. The minimum absolute atomic E-state index is 0.474. The summed E-state index contributed by atoms with van der Waals surface area (Å²) in [7, 11) is 2.19. The van der Waals surface area contributed by atoms with Gasteiger partial charge in [-0.1, -0.05) is 19.3 Å². The van der Waals surface area contributed by atoms with Crippen LogP contribution >= 0.6 is 0 Å². The maximum Gasteiger partial charge on any atom is 0.166 e. The average Bonchev–Trinajstić information content (AvgIpc) is 3.39. The Labute approximate surface area is 219 Å². The third-order valence-corrected chi connectivity index (χ3v) is 8.21. The van der Waals surface area contributed by atoms with Gasteiger partial charge >= 0.3 is 0 Å². The van der Waals surface area contributed by atoms with E-state index >= 15 is 0 Å². The Kier molecular flexibility index (Phi) is 7.53. The second-order valence-corrected chi connectivity index (χ2v) is 10.7. The van der Waals surface area contributed by atoms with Crippen molar-refractivity contribution in [2.24, 2.45) is 0 Å². The highest BCUT2D eigenvalue weighted by Crippen LogP contribution is 2.33. The zero-order valence-electron chi connectivity index (χ0n) is 22.1. The van der Waals surface area contributed by atoms with Crippen LogP contribution in [0.4, 0.5) is 11.5 Å². The van der Waals surface area contributed by atoms with Crippen molar-refractivity contribution in [2.75, 3.05) is 82.8 Å². The fourth-order valence-corrected chi connectivity index (χ4v) is 5.84. The smallest absolute Gasteiger partial charge is 0.166 e. The maximum atomic E-state index is 5.50. The number of anilines is 2. The molecule has 37 heavy (non-hydrogen) atoms. The molecular weight excluding hydrogens is 464 g/mol. The molecule has 1 N–H and O–H groups in total. The highest BCUT2D eigenvalue weighted by Gasteiger charge is 2.22. The molecule has 0 bridgehead atoms. The first-order chi connectivity index (χ1) is 18.2. The van der Waals surface area contributed by atoms with Gasteiger partial charge in [0.25, 0.3) is 0 Å². The number of fused-ring (bicyclic) bond motifs is 1. The number of benzene rings is 1. The molecule has 3 fully saturated rings. The summed E-state index contributed by atoms with van der Waals surface area (Å²) in [5.41, 5.74) is 4.15. The number of likely N-dealkylation sites (N-methyl/N-ethyl adjacent to an activating group) is 1. The van der Waals surface area contributed by atoms with Crippen LogP contribution in [-0.2, 0) is 4.74 Å². The van der Waals surface area contributed by atoms with Gasteiger partial charge in [0.15, 0.2) is 17.3 Å². The van der Waals surface area contributed by atoms with Crippen LogP contribution < -0.4 is 10.2 Å². The number of hydrogen-bond donors (Lipinski definition) is 1. The summed E-state index contributed by atoms with van der Waals surface area (Å²) < 4.78 is 7.81. The number of nitrogens with zero attached hydrogens (tertiary/aromatic N) is 7. The summed E-state index contributed by atoms with van der Waals surface area (Å²) in [6.45, 7) is 9.74. The van der Waals surface area contributed by atoms with Crippen molar-refractivity contribution in [1.29, 1.82) is 0 Å². The highest BCUT2D eigenvalue weighted by molar-refractivity contribution is 5.85. The molecule has 0 amide bonds. The lowest BCUT2D eigenvalue weighted by Crippen LogP contribution is -2.44. The van der Waals surface area contributed by atoms with Gasteiger partial charge in [-0.3, -0.25) is 4.90 Å². The van der Waals surface area contributed by atoms with Crippen LogP contribution in [0.2, 0.25) is 0 Å². The van der Waals surface area contributed by atoms with Crippen molar-refractivity contribution in [2.45, 2.75) is 38.1 Å². The standard InChI is InChI=1S/C28H40N8O/c1-33-13-15-35(16-14-33)23-9-7-22(8-10-23)26-31-27(29-11-12-34-17-19-37-20-18-34)25-28(32-26)36(21-30-25)24-5-3-2-4-6-24/h7-10,21,24H,2-6,11-20H2,1H3,(H,29,31,32). The van der Waals surface area contributed by atoms with E-state index in [-0.39, 0.29) is 0 Å². The zero-order valence-corrected chi connectivity index (χ0v) is 22.1. The predicted molar refractivity (Wildman–Crippen MR) is 148 cm³/mol. The van der Waals surface area contributed by atoms with Crippen LogP contribution in [0.15, 0.2) is 30.6 Å². The van der Waals surface area contributed by atoms with Crippen molar-refractivity contribution in [1.82, 2.24) is 29.3 Å².